The highest BCUT2D eigenvalue weighted by Gasteiger charge is 2.25. The van der Waals surface area contributed by atoms with E-state index in [1.165, 1.54) is 24.5 Å². The highest BCUT2D eigenvalue weighted by molar-refractivity contribution is 5.97. The molecule has 0 aliphatic heterocycles. The van der Waals surface area contributed by atoms with Gasteiger partial charge in [-0.15, -0.1) is 0 Å². The molecule has 0 saturated carbocycles. The molecule has 36 heavy (non-hydrogen) atoms. The van der Waals surface area contributed by atoms with Gasteiger partial charge in [0.15, 0.2) is 0 Å². The van der Waals surface area contributed by atoms with Crippen molar-refractivity contribution in [2.75, 3.05) is 17.2 Å². The first-order valence-corrected chi connectivity index (χ1v) is 11.0. The molecular formula is C26H25N5O5. The van der Waals surface area contributed by atoms with Gasteiger partial charge in [-0.1, -0.05) is 17.9 Å². The van der Waals surface area contributed by atoms with Gasteiger partial charge < -0.3 is 21.1 Å². The van der Waals surface area contributed by atoms with E-state index in [-0.39, 0.29) is 18.0 Å². The Balaban J connectivity index is 1.54. The van der Waals surface area contributed by atoms with E-state index >= 15 is 0 Å². The normalized spacial score (nSPS) is 11.8. The Hall–Kier alpha value is -4.72. The summed E-state index contributed by atoms with van der Waals surface area (Å²) in [5.41, 5.74) is 3.69. The number of aromatic nitrogens is 1. The number of benzene rings is 2. The third-order valence-electron chi connectivity index (χ3n) is 4.92. The zero-order chi connectivity index (χ0) is 25.9. The zero-order valence-electron chi connectivity index (χ0n) is 19.4. The molecule has 2 atom stereocenters. The van der Waals surface area contributed by atoms with Crippen molar-refractivity contribution in [1.82, 2.24) is 15.8 Å². The largest absolute Gasteiger partial charge is 0.391 e. The molecule has 1 heterocycles. The summed E-state index contributed by atoms with van der Waals surface area (Å²) < 4.78 is 0. The Labute approximate surface area is 207 Å². The molecule has 3 rings (SSSR count). The van der Waals surface area contributed by atoms with Crippen LogP contribution in [0.4, 0.5) is 11.5 Å². The average Bonchev–Trinajstić information content (AvgIpc) is 2.90. The topological polar surface area (TPSA) is 153 Å². The van der Waals surface area contributed by atoms with Gasteiger partial charge in [-0.3, -0.25) is 19.6 Å². The average molecular weight is 488 g/mol. The van der Waals surface area contributed by atoms with Gasteiger partial charge in [0.25, 0.3) is 11.8 Å². The lowest BCUT2D eigenvalue weighted by atomic mass is 10.1. The van der Waals surface area contributed by atoms with Crippen molar-refractivity contribution in [2.24, 2.45) is 0 Å². The molecule has 0 aliphatic carbocycles. The van der Waals surface area contributed by atoms with Crippen LogP contribution in [0, 0.1) is 11.8 Å². The minimum atomic E-state index is -1.30. The van der Waals surface area contributed by atoms with Gasteiger partial charge in [0.05, 0.1) is 12.6 Å². The maximum Gasteiger partial charge on any atom is 0.268 e. The van der Waals surface area contributed by atoms with E-state index < -0.39 is 24.0 Å². The fourth-order valence-electron chi connectivity index (χ4n) is 3.03. The summed E-state index contributed by atoms with van der Waals surface area (Å²) in [5, 5.41) is 26.5. The quantitative estimate of drug-likeness (QED) is 0.160. The number of anilines is 2. The lowest BCUT2D eigenvalue weighted by Gasteiger charge is -2.19. The van der Waals surface area contributed by atoms with E-state index in [1.807, 2.05) is 6.07 Å². The van der Waals surface area contributed by atoms with Gasteiger partial charge in [-0.2, -0.15) is 0 Å². The van der Waals surface area contributed by atoms with Crippen molar-refractivity contribution in [2.45, 2.75) is 19.1 Å². The van der Waals surface area contributed by atoms with E-state index in [0.717, 1.165) is 5.56 Å². The Bertz CT molecular complexity index is 1250. The van der Waals surface area contributed by atoms with Crippen LogP contribution in [0.1, 0.15) is 28.4 Å². The Kier molecular flexibility index (Phi) is 9.11. The molecule has 0 spiro atoms. The molecule has 0 saturated heterocycles. The number of pyridine rings is 1. The fraction of sp³-hybridized carbons (Fsp3) is 0.154. The molecule has 1 aromatic heterocycles. The van der Waals surface area contributed by atoms with E-state index in [0.29, 0.717) is 17.1 Å². The highest BCUT2D eigenvalue weighted by Crippen LogP contribution is 2.10. The summed E-state index contributed by atoms with van der Waals surface area (Å²) in [6, 6.07) is 17.5. The second-order valence-corrected chi connectivity index (χ2v) is 7.69. The fourth-order valence-corrected chi connectivity index (χ4v) is 3.03. The first kappa shape index (κ1) is 25.9. The van der Waals surface area contributed by atoms with Crippen molar-refractivity contribution in [3.63, 3.8) is 0 Å². The number of nitrogens with one attached hydrogen (secondary N) is 4. The summed E-state index contributed by atoms with van der Waals surface area (Å²) in [6.45, 7) is 1.40. The number of aliphatic hydroxyl groups excluding tert-OH is 1. The Morgan fingerprint density at radius 2 is 1.58 bits per heavy atom. The first-order chi connectivity index (χ1) is 17.4. The van der Waals surface area contributed by atoms with Crippen molar-refractivity contribution in [1.29, 1.82) is 0 Å². The van der Waals surface area contributed by atoms with Crippen LogP contribution in [0.3, 0.4) is 0 Å². The Morgan fingerprint density at radius 1 is 0.944 bits per heavy atom. The number of aliphatic hydroxyl groups is 1. The lowest BCUT2D eigenvalue weighted by Crippen LogP contribution is -2.51. The molecule has 0 fully saturated rings. The number of nitrogens with zero attached hydrogens (tertiary/aromatic N) is 1. The van der Waals surface area contributed by atoms with Gasteiger partial charge in [-0.25, -0.2) is 10.5 Å². The minimum Gasteiger partial charge on any atom is -0.391 e. The zero-order valence-corrected chi connectivity index (χ0v) is 19.4. The van der Waals surface area contributed by atoms with Crippen LogP contribution >= 0.6 is 0 Å². The molecular weight excluding hydrogens is 462 g/mol. The van der Waals surface area contributed by atoms with E-state index in [4.69, 9.17) is 5.21 Å². The molecule has 10 heteroatoms. The van der Waals surface area contributed by atoms with Crippen molar-refractivity contribution in [3.8, 4) is 11.8 Å². The molecule has 6 N–H and O–H groups in total. The molecule has 0 unspecified atom stereocenters. The second kappa shape index (κ2) is 12.7. The van der Waals surface area contributed by atoms with E-state index in [2.05, 4.69) is 32.8 Å². The molecule has 10 nitrogen and oxygen atoms in total. The lowest BCUT2D eigenvalue weighted by molar-refractivity contribution is -0.133. The SMILES string of the molecule is C[C@@H](O)[C@H](NC(=O)c1ccc(C#Cc2ccc(NC(=O)CNc3ccccn3)cc2)cc1)C(=O)NO. The van der Waals surface area contributed by atoms with Crippen LogP contribution in [0.25, 0.3) is 0 Å². The van der Waals surface area contributed by atoms with Gasteiger partial charge in [0, 0.05) is 28.6 Å². The molecule has 3 amide bonds. The van der Waals surface area contributed by atoms with Crippen molar-refractivity contribution < 1.29 is 24.7 Å². The number of hydrogen-bond acceptors (Lipinski definition) is 7. The number of carbonyl (C=O) groups is 3. The van der Waals surface area contributed by atoms with Crippen LogP contribution < -0.4 is 21.4 Å². The monoisotopic (exact) mass is 487 g/mol. The maximum atomic E-state index is 12.3. The smallest absolute Gasteiger partial charge is 0.268 e. The van der Waals surface area contributed by atoms with E-state index in [9.17, 15) is 19.5 Å². The van der Waals surface area contributed by atoms with Crippen LogP contribution in [0.15, 0.2) is 72.9 Å². The second-order valence-electron chi connectivity index (χ2n) is 7.69. The number of hydroxylamine groups is 1. The van der Waals surface area contributed by atoms with Crippen molar-refractivity contribution in [3.05, 3.63) is 89.6 Å². The number of hydrogen-bond donors (Lipinski definition) is 6. The number of rotatable bonds is 8. The number of carbonyl (C=O) groups excluding carboxylic acids is 3. The summed E-state index contributed by atoms with van der Waals surface area (Å²) in [7, 11) is 0. The van der Waals surface area contributed by atoms with Crippen LogP contribution in [0.5, 0.6) is 0 Å². The summed E-state index contributed by atoms with van der Waals surface area (Å²) in [6.07, 6.45) is 0.440. The Morgan fingerprint density at radius 3 is 2.14 bits per heavy atom. The molecule has 0 radical (unpaired) electrons. The molecule has 3 aromatic rings. The predicted octanol–water partition coefficient (Wildman–Crippen LogP) is 1.52. The summed E-state index contributed by atoms with van der Waals surface area (Å²) >= 11 is 0. The van der Waals surface area contributed by atoms with Crippen molar-refractivity contribution >= 4 is 29.2 Å². The molecule has 2 aromatic carbocycles. The summed E-state index contributed by atoms with van der Waals surface area (Å²) in [5.74, 6) is 4.90. The van der Waals surface area contributed by atoms with Gasteiger partial charge >= 0.3 is 0 Å². The highest BCUT2D eigenvalue weighted by atomic mass is 16.5. The maximum absolute atomic E-state index is 12.3. The van der Waals surface area contributed by atoms with Gasteiger partial charge in [0.1, 0.15) is 11.9 Å². The van der Waals surface area contributed by atoms with Crippen LogP contribution in [-0.2, 0) is 9.59 Å². The summed E-state index contributed by atoms with van der Waals surface area (Å²) in [4.78, 5) is 40.1. The molecule has 0 bridgehead atoms. The number of amides is 3. The van der Waals surface area contributed by atoms with E-state index in [1.54, 1.807) is 54.7 Å². The predicted molar refractivity (Wildman–Crippen MR) is 133 cm³/mol. The molecule has 184 valence electrons. The van der Waals surface area contributed by atoms with Gasteiger partial charge in [-0.05, 0) is 67.6 Å². The van der Waals surface area contributed by atoms with Gasteiger partial charge in [0.2, 0.25) is 5.91 Å². The third-order valence-corrected chi connectivity index (χ3v) is 4.92. The minimum absolute atomic E-state index is 0.0842. The third kappa shape index (κ3) is 7.66. The standard InChI is InChI=1S/C26H25N5O5/c1-17(32)24(26(35)31-36)30-25(34)20-11-7-18(8-12-20)5-6-19-9-13-21(14-10-19)29-23(33)16-28-22-4-2-3-15-27-22/h2-4,7-15,17,24,32,36H,16H2,1H3,(H,27,28)(H,29,33)(H,30,34)(H,31,35)/t17-,24+/m1/s1. The first-order valence-electron chi connectivity index (χ1n) is 11.0. The molecule has 0 aliphatic rings. The van der Waals surface area contributed by atoms with Crippen LogP contribution in [-0.4, -0.2) is 51.7 Å². The van der Waals surface area contributed by atoms with Crippen LogP contribution in [0.2, 0.25) is 0 Å².